The van der Waals surface area contributed by atoms with E-state index >= 15 is 0 Å². The fraction of sp³-hybridized carbons (Fsp3) is 0.588. The lowest BCUT2D eigenvalue weighted by molar-refractivity contribution is 0.467. The van der Waals surface area contributed by atoms with Crippen molar-refractivity contribution in [1.29, 1.82) is 0 Å². The Balaban J connectivity index is 1.92. The predicted octanol–water partition coefficient (Wildman–Crippen LogP) is 0.899. The number of anilines is 1. The van der Waals surface area contributed by atoms with Crippen molar-refractivity contribution in [2.75, 3.05) is 43.9 Å². The van der Waals surface area contributed by atoms with Gasteiger partial charge in [-0.2, -0.15) is 0 Å². The Morgan fingerprint density at radius 1 is 1.42 bits per heavy atom. The lowest BCUT2D eigenvalue weighted by atomic mass is 10.0. The van der Waals surface area contributed by atoms with Gasteiger partial charge in [0.1, 0.15) is 5.82 Å². The zero-order valence-corrected chi connectivity index (χ0v) is 16.2. The van der Waals surface area contributed by atoms with Gasteiger partial charge in [-0.05, 0) is 38.0 Å². The van der Waals surface area contributed by atoms with Crippen molar-refractivity contribution >= 4 is 21.7 Å². The first kappa shape index (κ1) is 20.4. The van der Waals surface area contributed by atoms with Crippen LogP contribution in [0.4, 0.5) is 10.1 Å². The number of hydrogen-bond donors (Lipinski definition) is 3. The number of aliphatic imine (C=N–C) groups is 1. The number of hydrogen-bond acceptors (Lipinski definition) is 4. The number of nitrogens with one attached hydrogen (secondary N) is 3. The maximum atomic E-state index is 13.5. The van der Waals surface area contributed by atoms with Crippen LogP contribution in [0.3, 0.4) is 0 Å². The summed E-state index contributed by atoms with van der Waals surface area (Å²) in [5.74, 6) is 0.430. The standard InChI is InChI=1S/C17H28FN5O2S/c1-3-19-17(20-9-10-21-26(2,24)25)22-15-7-5-11-23(13-15)16-8-4-6-14(18)12-16/h4,6,8,12,15,21H,3,5,7,9-11,13H2,1-2H3,(H2,19,20,22). The number of benzene rings is 1. The number of piperidine rings is 1. The van der Waals surface area contributed by atoms with E-state index in [2.05, 4.69) is 25.2 Å². The quantitative estimate of drug-likeness (QED) is 0.369. The maximum Gasteiger partial charge on any atom is 0.208 e. The molecule has 0 amide bonds. The second-order valence-electron chi connectivity index (χ2n) is 6.34. The third-order valence-electron chi connectivity index (χ3n) is 4.03. The molecular formula is C17H28FN5O2S. The molecule has 26 heavy (non-hydrogen) atoms. The lowest BCUT2D eigenvalue weighted by Gasteiger charge is -2.35. The summed E-state index contributed by atoms with van der Waals surface area (Å²) in [7, 11) is -3.20. The van der Waals surface area contributed by atoms with Gasteiger partial charge in [0.05, 0.1) is 12.8 Å². The van der Waals surface area contributed by atoms with Gasteiger partial charge in [0.2, 0.25) is 10.0 Å². The normalized spacial score (nSPS) is 18.7. The van der Waals surface area contributed by atoms with Crippen LogP contribution in [0.15, 0.2) is 29.3 Å². The average Bonchev–Trinajstić information content (AvgIpc) is 2.58. The number of rotatable bonds is 7. The molecule has 1 aromatic carbocycles. The summed E-state index contributed by atoms with van der Waals surface area (Å²) in [5, 5.41) is 6.57. The molecule has 9 heteroatoms. The van der Waals surface area contributed by atoms with E-state index in [9.17, 15) is 12.8 Å². The van der Waals surface area contributed by atoms with Crippen molar-refractivity contribution in [3.63, 3.8) is 0 Å². The molecule has 1 aliphatic heterocycles. The molecule has 1 unspecified atom stereocenters. The van der Waals surface area contributed by atoms with E-state index in [1.165, 1.54) is 6.07 Å². The van der Waals surface area contributed by atoms with Crippen LogP contribution in [0.2, 0.25) is 0 Å². The first-order valence-corrected chi connectivity index (χ1v) is 10.8. The van der Waals surface area contributed by atoms with Gasteiger partial charge in [0.25, 0.3) is 0 Å². The smallest absolute Gasteiger partial charge is 0.208 e. The summed E-state index contributed by atoms with van der Waals surface area (Å²) in [6.07, 6.45) is 3.13. The van der Waals surface area contributed by atoms with E-state index in [1.54, 1.807) is 12.1 Å². The van der Waals surface area contributed by atoms with Crippen LogP contribution < -0.4 is 20.3 Å². The van der Waals surface area contributed by atoms with Gasteiger partial charge >= 0.3 is 0 Å². The van der Waals surface area contributed by atoms with Gasteiger partial charge < -0.3 is 15.5 Å². The van der Waals surface area contributed by atoms with E-state index in [4.69, 9.17) is 0 Å². The van der Waals surface area contributed by atoms with Crippen LogP contribution in [0.1, 0.15) is 19.8 Å². The third-order valence-corrected chi connectivity index (χ3v) is 4.75. The summed E-state index contributed by atoms with van der Waals surface area (Å²) < 4.78 is 38.1. The highest BCUT2D eigenvalue weighted by molar-refractivity contribution is 7.88. The Hall–Kier alpha value is -1.87. The molecule has 3 N–H and O–H groups in total. The largest absolute Gasteiger partial charge is 0.369 e. The molecule has 0 aliphatic carbocycles. The van der Waals surface area contributed by atoms with Crippen LogP contribution in [-0.4, -0.2) is 59.4 Å². The summed E-state index contributed by atoms with van der Waals surface area (Å²) in [6, 6.07) is 6.83. The third kappa shape index (κ3) is 7.17. The van der Waals surface area contributed by atoms with Gasteiger partial charge in [0, 0.05) is 37.9 Å². The van der Waals surface area contributed by atoms with Gasteiger partial charge in [-0.25, -0.2) is 17.5 Å². The molecule has 0 spiro atoms. The van der Waals surface area contributed by atoms with E-state index in [1.807, 2.05) is 13.0 Å². The summed E-state index contributed by atoms with van der Waals surface area (Å²) >= 11 is 0. The first-order valence-electron chi connectivity index (χ1n) is 8.87. The fourth-order valence-corrected chi connectivity index (χ4v) is 3.38. The molecule has 146 valence electrons. The highest BCUT2D eigenvalue weighted by atomic mass is 32.2. The fourth-order valence-electron chi connectivity index (χ4n) is 2.91. The van der Waals surface area contributed by atoms with E-state index in [-0.39, 0.29) is 18.4 Å². The van der Waals surface area contributed by atoms with Crippen LogP contribution in [0, 0.1) is 5.82 Å². The zero-order valence-electron chi connectivity index (χ0n) is 15.3. The minimum atomic E-state index is -3.20. The molecule has 1 saturated heterocycles. The molecular weight excluding hydrogens is 357 g/mol. The molecule has 1 aliphatic rings. The number of halogens is 1. The van der Waals surface area contributed by atoms with Crippen molar-refractivity contribution in [2.24, 2.45) is 4.99 Å². The van der Waals surface area contributed by atoms with Gasteiger partial charge in [-0.1, -0.05) is 6.07 Å². The Kier molecular flexibility index (Phi) is 7.65. The molecule has 0 bridgehead atoms. The van der Waals surface area contributed by atoms with Crippen LogP contribution in [-0.2, 0) is 10.0 Å². The highest BCUT2D eigenvalue weighted by Crippen LogP contribution is 2.20. The minimum Gasteiger partial charge on any atom is -0.369 e. The Labute approximate surface area is 155 Å². The Morgan fingerprint density at radius 3 is 2.92 bits per heavy atom. The lowest BCUT2D eigenvalue weighted by Crippen LogP contribution is -2.51. The summed E-state index contributed by atoms with van der Waals surface area (Å²) in [6.45, 7) is 4.96. The zero-order chi connectivity index (χ0) is 19.0. The van der Waals surface area contributed by atoms with Crippen LogP contribution >= 0.6 is 0 Å². The number of guanidine groups is 1. The Morgan fingerprint density at radius 2 is 2.23 bits per heavy atom. The average molecular weight is 386 g/mol. The minimum absolute atomic E-state index is 0.188. The molecule has 0 radical (unpaired) electrons. The molecule has 2 rings (SSSR count). The van der Waals surface area contributed by atoms with Crippen molar-refractivity contribution in [2.45, 2.75) is 25.8 Å². The molecule has 0 saturated carbocycles. The van der Waals surface area contributed by atoms with Crippen molar-refractivity contribution in [3.05, 3.63) is 30.1 Å². The molecule has 1 atom stereocenters. The van der Waals surface area contributed by atoms with Crippen molar-refractivity contribution in [3.8, 4) is 0 Å². The van der Waals surface area contributed by atoms with E-state index in [0.29, 0.717) is 19.0 Å². The predicted molar refractivity (Wildman–Crippen MR) is 104 cm³/mol. The SMILES string of the molecule is CCNC(=NCCNS(C)(=O)=O)NC1CCCN(c2cccc(F)c2)C1. The molecule has 0 aromatic heterocycles. The highest BCUT2D eigenvalue weighted by Gasteiger charge is 2.21. The van der Waals surface area contributed by atoms with Gasteiger partial charge in [0.15, 0.2) is 5.96 Å². The molecule has 7 nitrogen and oxygen atoms in total. The van der Waals surface area contributed by atoms with E-state index < -0.39 is 10.0 Å². The van der Waals surface area contributed by atoms with Gasteiger partial charge in [-0.3, -0.25) is 4.99 Å². The molecule has 1 aromatic rings. The van der Waals surface area contributed by atoms with Crippen LogP contribution in [0.25, 0.3) is 0 Å². The molecule has 1 fully saturated rings. The Bertz CT molecular complexity index is 711. The van der Waals surface area contributed by atoms with E-state index in [0.717, 1.165) is 37.9 Å². The monoisotopic (exact) mass is 385 g/mol. The number of sulfonamides is 1. The van der Waals surface area contributed by atoms with Crippen molar-refractivity contribution in [1.82, 2.24) is 15.4 Å². The summed E-state index contributed by atoms with van der Waals surface area (Å²) in [5.41, 5.74) is 0.885. The van der Waals surface area contributed by atoms with Crippen molar-refractivity contribution < 1.29 is 12.8 Å². The first-order chi connectivity index (χ1) is 12.4. The number of nitrogens with zero attached hydrogens (tertiary/aromatic N) is 2. The topological polar surface area (TPSA) is 85.8 Å². The summed E-state index contributed by atoms with van der Waals surface area (Å²) in [4.78, 5) is 6.58. The maximum absolute atomic E-state index is 13.5. The van der Waals surface area contributed by atoms with Crippen LogP contribution in [0.5, 0.6) is 0 Å². The second-order valence-corrected chi connectivity index (χ2v) is 8.17. The second kappa shape index (κ2) is 9.72. The molecule has 1 heterocycles. The van der Waals surface area contributed by atoms with Gasteiger partial charge in [-0.15, -0.1) is 0 Å².